The summed E-state index contributed by atoms with van der Waals surface area (Å²) in [5.41, 5.74) is -0.0556. The molecule has 0 amide bonds. The summed E-state index contributed by atoms with van der Waals surface area (Å²) in [6.07, 6.45) is 13.9. The lowest BCUT2D eigenvalue weighted by Gasteiger charge is -2.65. The van der Waals surface area contributed by atoms with Gasteiger partial charge in [-0.1, -0.05) is 53.9 Å². The molecule has 0 aromatic heterocycles. The molecular weight excluding hydrogens is 436 g/mol. The van der Waals surface area contributed by atoms with Crippen molar-refractivity contribution in [3.8, 4) is 0 Å². The Hall–Kier alpha value is -1.06. The van der Waals surface area contributed by atoms with Gasteiger partial charge in [0.25, 0.3) is 0 Å². The van der Waals surface area contributed by atoms with Crippen LogP contribution in [0.5, 0.6) is 0 Å². The highest BCUT2D eigenvalue weighted by atomic mass is 16.6. The zero-order valence-corrected chi connectivity index (χ0v) is 23.7. The predicted octanol–water partition coefficient (Wildman–Crippen LogP) is 7.73. The number of fused-ring (bicyclic) bond motifs is 5. The summed E-state index contributed by atoms with van der Waals surface area (Å²) in [5.74, 6) is 4.21. The fourth-order valence-electron chi connectivity index (χ4n) is 10.0. The Bertz CT molecular complexity index is 791. The average Bonchev–Trinajstić information content (AvgIpc) is 3.10. The molecule has 0 spiro atoms. The molecule has 0 aliphatic heterocycles. The van der Waals surface area contributed by atoms with E-state index in [0.717, 1.165) is 55.3 Å². The summed E-state index contributed by atoms with van der Waals surface area (Å²) in [5, 5.41) is 0. The standard InChI is InChI=1S/C31H52O4/c1-20(2)9-8-10-21(3)26-11-12-27-25-14-18-31(35-23(5)33)19-24(34-22(4)32)13-17-30(31,7)28(25)15-16-29(26,27)6/h20-21,24-28H,8-19H2,1-7H3. The van der Waals surface area contributed by atoms with E-state index in [1.807, 2.05) is 0 Å². The summed E-state index contributed by atoms with van der Waals surface area (Å²) in [6.45, 7) is 15.3. The lowest BCUT2D eigenvalue weighted by molar-refractivity contribution is -0.239. The van der Waals surface area contributed by atoms with Crippen LogP contribution < -0.4 is 0 Å². The van der Waals surface area contributed by atoms with Gasteiger partial charge in [0.05, 0.1) is 0 Å². The fourth-order valence-corrected chi connectivity index (χ4v) is 10.0. The molecule has 0 bridgehead atoms. The molecule has 0 aromatic rings. The van der Waals surface area contributed by atoms with Crippen LogP contribution in [0.3, 0.4) is 0 Å². The molecule has 0 N–H and O–H groups in total. The number of carbonyl (C=O) groups is 2. The molecule has 0 heterocycles. The van der Waals surface area contributed by atoms with Crippen LogP contribution in [0.25, 0.3) is 0 Å². The first-order valence-electron chi connectivity index (χ1n) is 14.8. The Morgan fingerprint density at radius 2 is 1.60 bits per heavy atom. The van der Waals surface area contributed by atoms with Crippen molar-refractivity contribution in [3.05, 3.63) is 0 Å². The van der Waals surface area contributed by atoms with Crippen molar-refractivity contribution < 1.29 is 19.1 Å². The van der Waals surface area contributed by atoms with Crippen molar-refractivity contribution in [1.82, 2.24) is 0 Å². The Labute approximate surface area is 214 Å². The first-order valence-corrected chi connectivity index (χ1v) is 14.8. The van der Waals surface area contributed by atoms with Gasteiger partial charge < -0.3 is 9.47 Å². The summed E-state index contributed by atoms with van der Waals surface area (Å²) in [7, 11) is 0. The van der Waals surface area contributed by atoms with Crippen LogP contribution in [-0.4, -0.2) is 23.6 Å². The second kappa shape index (κ2) is 10.0. The molecule has 9 atom stereocenters. The minimum atomic E-state index is -0.492. The van der Waals surface area contributed by atoms with E-state index in [-0.39, 0.29) is 23.5 Å². The molecule has 200 valence electrons. The lowest BCUT2D eigenvalue weighted by Crippen LogP contribution is -2.64. The minimum Gasteiger partial charge on any atom is -0.462 e. The third-order valence-electron chi connectivity index (χ3n) is 11.6. The van der Waals surface area contributed by atoms with E-state index in [4.69, 9.17) is 9.47 Å². The largest absolute Gasteiger partial charge is 0.462 e. The van der Waals surface area contributed by atoms with E-state index in [0.29, 0.717) is 17.8 Å². The smallest absolute Gasteiger partial charge is 0.303 e. The molecular formula is C31H52O4. The van der Waals surface area contributed by atoms with E-state index < -0.39 is 5.60 Å². The van der Waals surface area contributed by atoms with Crippen molar-refractivity contribution in [2.75, 3.05) is 0 Å². The van der Waals surface area contributed by atoms with Crippen molar-refractivity contribution in [2.45, 2.75) is 137 Å². The average molecular weight is 489 g/mol. The molecule has 0 radical (unpaired) electrons. The number of rotatable bonds is 7. The van der Waals surface area contributed by atoms with Crippen molar-refractivity contribution in [3.63, 3.8) is 0 Å². The third-order valence-corrected chi connectivity index (χ3v) is 11.6. The van der Waals surface area contributed by atoms with Crippen LogP contribution in [0.2, 0.25) is 0 Å². The molecule has 4 saturated carbocycles. The van der Waals surface area contributed by atoms with E-state index in [1.165, 1.54) is 51.9 Å². The summed E-state index contributed by atoms with van der Waals surface area (Å²) >= 11 is 0. The molecule has 35 heavy (non-hydrogen) atoms. The van der Waals surface area contributed by atoms with Gasteiger partial charge in [-0.05, 0) is 92.3 Å². The van der Waals surface area contributed by atoms with Gasteiger partial charge >= 0.3 is 11.9 Å². The van der Waals surface area contributed by atoms with Crippen LogP contribution in [0.4, 0.5) is 0 Å². The topological polar surface area (TPSA) is 52.6 Å². The van der Waals surface area contributed by atoms with Gasteiger partial charge in [0.1, 0.15) is 11.7 Å². The van der Waals surface area contributed by atoms with Crippen LogP contribution in [0, 0.1) is 46.3 Å². The Balaban J connectivity index is 1.54. The van der Waals surface area contributed by atoms with Gasteiger partial charge in [-0.25, -0.2) is 0 Å². The molecule has 4 fully saturated rings. The van der Waals surface area contributed by atoms with Gasteiger partial charge in [-0.2, -0.15) is 0 Å². The maximum absolute atomic E-state index is 12.3. The zero-order chi connectivity index (χ0) is 25.6. The maximum Gasteiger partial charge on any atom is 0.303 e. The molecule has 4 rings (SSSR count). The van der Waals surface area contributed by atoms with E-state index in [9.17, 15) is 9.59 Å². The highest BCUT2D eigenvalue weighted by Crippen LogP contribution is 2.70. The summed E-state index contributed by atoms with van der Waals surface area (Å²) in [6, 6.07) is 0. The molecule has 4 heteroatoms. The first-order chi connectivity index (χ1) is 16.4. The predicted molar refractivity (Wildman–Crippen MR) is 140 cm³/mol. The van der Waals surface area contributed by atoms with E-state index in [1.54, 1.807) is 6.92 Å². The molecule has 4 aliphatic carbocycles. The number of carbonyl (C=O) groups excluding carboxylic acids is 2. The molecule has 0 saturated heterocycles. The van der Waals surface area contributed by atoms with Crippen LogP contribution in [0.1, 0.15) is 126 Å². The fraction of sp³-hybridized carbons (Fsp3) is 0.935. The van der Waals surface area contributed by atoms with Crippen LogP contribution in [0.15, 0.2) is 0 Å². The second-order valence-corrected chi connectivity index (χ2v) is 13.9. The normalized spacial score (nSPS) is 43.6. The summed E-state index contributed by atoms with van der Waals surface area (Å²) < 4.78 is 11.9. The van der Waals surface area contributed by atoms with Gasteiger partial charge in [0.15, 0.2) is 0 Å². The van der Waals surface area contributed by atoms with E-state index in [2.05, 4.69) is 34.6 Å². The third kappa shape index (κ3) is 4.81. The van der Waals surface area contributed by atoms with Gasteiger partial charge in [0.2, 0.25) is 0 Å². The van der Waals surface area contributed by atoms with Crippen molar-refractivity contribution >= 4 is 11.9 Å². The Kier molecular flexibility index (Phi) is 7.72. The van der Waals surface area contributed by atoms with Gasteiger partial charge in [0, 0.05) is 25.7 Å². The Morgan fingerprint density at radius 3 is 2.26 bits per heavy atom. The monoisotopic (exact) mass is 488 g/mol. The van der Waals surface area contributed by atoms with E-state index >= 15 is 0 Å². The second-order valence-electron chi connectivity index (χ2n) is 13.9. The number of ether oxygens (including phenoxy) is 2. The number of hydrogen-bond donors (Lipinski definition) is 0. The Morgan fingerprint density at radius 1 is 0.857 bits per heavy atom. The quantitative estimate of drug-likeness (QED) is 0.344. The van der Waals surface area contributed by atoms with Crippen LogP contribution in [-0.2, 0) is 19.1 Å². The minimum absolute atomic E-state index is 0.0272. The lowest BCUT2D eigenvalue weighted by atomic mass is 9.43. The van der Waals surface area contributed by atoms with Gasteiger partial charge in [-0.3, -0.25) is 9.59 Å². The zero-order valence-electron chi connectivity index (χ0n) is 23.7. The van der Waals surface area contributed by atoms with Crippen molar-refractivity contribution in [2.24, 2.45) is 46.3 Å². The molecule has 0 aromatic carbocycles. The summed E-state index contributed by atoms with van der Waals surface area (Å²) in [4.78, 5) is 24.1. The SMILES string of the molecule is CC(=O)OC1CCC2(C)C3CCC4(C)C(C(C)CCCC(C)C)CCC4C3CCC2(OC(C)=O)C1. The highest BCUT2D eigenvalue weighted by molar-refractivity contribution is 5.67. The van der Waals surface area contributed by atoms with Crippen molar-refractivity contribution in [1.29, 1.82) is 0 Å². The number of hydrogen-bond acceptors (Lipinski definition) is 4. The molecule has 4 aliphatic rings. The number of esters is 2. The first kappa shape index (κ1) is 27.0. The highest BCUT2D eigenvalue weighted by Gasteiger charge is 2.66. The van der Waals surface area contributed by atoms with Crippen LogP contribution >= 0.6 is 0 Å². The molecule has 9 unspecified atom stereocenters. The van der Waals surface area contributed by atoms with Gasteiger partial charge in [-0.15, -0.1) is 0 Å². The molecule has 4 nitrogen and oxygen atoms in total. The maximum atomic E-state index is 12.3.